The third-order valence-corrected chi connectivity index (χ3v) is 5.18. The molecular formula is C24H30N2O3. The molecule has 0 aliphatic heterocycles. The van der Waals surface area contributed by atoms with Crippen molar-refractivity contribution in [3.63, 3.8) is 0 Å². The molecule has 2 N–H and O–H groups in total. The number of aryl methyl sites for hydroxylation is 1. The van der Waals surface area contributed by atoms with Gasteiger partial charge in [0.05, 0.1) is 6.10 Å². The quantitative estimate of drug-likeness (QED) is 0.529. The lowest BCUT2D eigenvalue weighted by Crippen LogP contribution is -2.40. The molecule has 3 rings (SSSR count). The van der Waals surface area contributed by atoms with Gasteiger partial charge in [0.25, 0.3) is 0 Å². The molecule has 1 aliphatic carbocycles. The van der Waals surface area contributed by atoms with E-state index in [0.717, 1.165) is 37.0 Å². The third kappa shape index (κ3) is 7.26. The molecule has 154 valence electrons. The molecule has 5 nitrogen and oxygen atoms in total. The molecule has 0 aromatic heterocycles. The van der Waals surface area contributed by atoms with E-state index in [1.807, 2.05) is 42.5 Å². The molecule has 1 saturated carbocycles. The zero-order chi connectivity index (χ0) is 20.3. The second kappa shape index (κ2) is 11.2. The Labute approximate surface area is 172 Å². The minimum absolute atomic E-state index is 0.287. The third-order valence-electron chi connectivity index (χ3n) is 5.18. The zero-order valence-corrected chi connectivity index (χ0v) is 16.9. The molecule has 0 atom stereocenters. The average Bonchev–Trinajstić information content (AvgIpc) is 2.76. The molecule has 0 heterocycles. The minimum Gasteiger partial charge on any atom is -0.490 e. The summed E-state index contributed by atoms with van der Waals surface area (Å²) in [6.07, 6.45) is 7.90. The highest BCUT2D eigenvalue weighted by molar-refractivity contribution is 6.35. The van der Waals surface area contributed by atoms with Crippen molar-refractivity contribution >= 4 is 11.8 Å². The highest BCUT2D eigenvalue weighted by Crippen LogP contribution is 2.23. The van der Waals surface area contributed by atoms with Crippen LogP contribution in [-0.2, 0) is 22.6 Å². The highest BCUT2D eigenvalue weighted by Gasteiger charge is 2.15. The molecule has 0 bridgehead atoms. The normalized spacial score (nSPS) is 14.2. The first-order valence-electron chi connectivity index (χ1n) is 10.6. The van der Waals surface area contributed by atoms with Crippen LogP contribution in [-0.4, -0.2) is 24.5 Å². The summed E-state index contributed by atoms with van der Waals surface area (Å²) in [7, 11) is 0. The zero-order valence-electron chi connectivity index (χ0n) is 16.9. The minimum atomic E-state index is -0.608. The summed E-state index contributed by atoms with van der Waals surface area (Å²) in [5.41, 5.74) is 2.14. The summed E-state index contributed by atoms with van der Waals surface area (Å²) < 4.78 is 6.06. The van der Waals surface area contributed by atoms with E-state index in [2.05, 4.69) is 22.8 Å². The van der Waals surface area contributed by atoms with Crippen molar-refractivity contribution < 1.29 is 14.3 Å². The van der Waals surface area contributed by atoms with E-state index in [-0.39, 0.29) is 6.10 Å². The van der Waals surface area contributed by atoms with E-state index in [1.54, 1.807) is 0 Å². The Morgan fingerprint density at radius 3 is 2.38 bits per heavy atom. The van der Waals surface area contributed by atoms with Crippen molar-refractivity contribution in [3.8, 4) is 5.75 Å². The number of ether oxygens (including phenoxy) is 1. The van der Waals surface area contributed by atoms with Crippen LogP contribution in [0.4, 0.5) is 0 Å². The molecular weight excluding hydrogens is 364 g/mol. The summed E-state index contributed by atoms with van der Waals surface area (Å²) in [5, 5.41) is 5.36. The van der Waals surface area contributed by atoms with Crippen LogP contribution in [0.25, 0.3) is 0 Å². The summed E-state index contributed by atoms with van der Waals surface area (Å²) in [4.78, 5) is 24.0. The number of amides is 2. The van der Waals surface area contributed by atoms with E-state index in [9.17, 15) is 9.59 Å². The van der Waals surface area contributed by atoms with E-state index >= 15 is 0 Å². The largest absolute Gasteiger partial charge is 0.490 e. The molecule has 29 heavy (non-hydrogen) atoms. The maximum atomic E-state index is 12.0. The van der Waals surface area contributed by atoms with Crippen LogP contribution in [0.3, 0.4) is 0 Å². The Balaban J connectivity index is 1.36. The maximum absolute atomic E-state index is 12.0. The van der Waals surface area contributed by atoms with Crippen LogP contribution >= 0.6 is 0 Å². The van der Waals surface area contributed by atoms with Gasteiger partial charge >= 0.3 is 11.8 Å². The second-order valence-electron chi connectivity index (χ2n) is 7.55. The maximum Gasteiger partial charge on any atom is 0.309 e. The van der Waals surface area contributed by atoms with Crippen LogP contribution in [0.15, 0.2) is 54.6 Å². The average molecular weight is 395 g/mol. The molecule has 2 amide bonds. The monoisotopic (exact) mass is 394 g/mol. The van der Waals surface area contributed by atoms with Crippen LogP contribution in [0.5, 0.6) is 5.75 Å². The first-order valence-corrected chi connectivity index (χ1v) is 10.6. The first kappa shape index (κ1) is 20.9. The van der Waals surface area contributed by atoms with Gasteiger partial charge in [0.15, 0.2) is 0 Å². The number of benzene rings is 2. The number of hydrogen-bond donors (Lipinski definition) is 2. The molecule has 1 fully saturated rings. The molecule has 0 saturated heterocycles. The van der Waals surface area contributed by atoms with Gasteiger partial charge < -0.3 is 15.4 Å². The highest BCUT2D eigenvalue weighted by atomic mass is 16.5. The number of rotatable bonds is 8. The summed E-state index contributed by atoms with van der Waals surface area (Å²) in [6, 6.07) is 17.8. The van der Waals surface area contributed by atoms with Gasteiger partial charge in [0.1, 0.15) is 5.75 Å². The first-order chi connectivity index (χ1) is 14.2. The Bertz CT molecular complexity index is 786. The van der Waals surface area contributed by atoms with Gasteiger partial charge in [-0.2, -0.15) is 0 Å². The van der Waals surface area contributed by atoms with Crippen LogP contribution in [0.1, 0.15) is 49.7 Å². The van der Waals surface area contributed by atoms with Crippen molar-refractivity contribution in [2.24, 2.45) is 0 Å². The fourth-order valence-electron chi connectivity index (χ4n) is 3.59. The van der Waals surface area contributed by atoms with Gasteiger partial charge in [-0.05, 0) is 61.8 Å². The lowest BCUT2D eigenvalue weighted by atomic mass is 9.98. The molecule has 2 aromatic rings. The van der Waals surface area contributed by atoms with Crippen molar-refractivity contribution in [2.45, 2.75) is 57.6 Å². The SMILES string of the molecule is O=C(NCCCc1ccccc1)C(=O)NCc1cccc(OC2CCCCC2)c1. The van der Waals surface area contributed by atoms with Crippen molar-refractivity contribution in [3.05, 3.63) is 65.7 Å². The smallest absolute Gasteiger partial charge is 0.309 e. The topological polar surface area (TPSA) is 67.4 Å². The fraction of sp³-hybridized carbons (Fsp3) is 0.417. The Morgan fingerprint density at radius 1 is 0.862 bits per heavy atom. The van der Waals surface area contributed by atoms with Crippen molar-refractivity contribution in [1.29, 1.82) is 0 Å². The Hall–Kier alpha value is -2.82. The van der Waals surface area contributed by atoms with Crippen molar-refractivity contribution in [2.75, 3.05) is 6.54 Å². The molecule has 0 spiro atoms. The van der Waals surface area contributed by atoms with E-state index < -0.39 is 11.8 Å². The number of carbonyl (C=O) groups is 2. The Kier molecular flexibility index (Phi) is 8.11. The summed E-state index contributed by atoms with van der Waals surface area (Å²) in [6.45, 7) is 0.782. The molecule has 0 radical (unpaired) electrons. The van der Waals surface area contributed by atoms with E-state index in [4.69, 9.17) is 4.74 Å². The van der Waals surface area contributed by atoms with Crippen LogP contribution in [0.2, 0.25) is 0 Å². The lowest BCUT2D eigenvalue weighted by molar-refractivity contribution is -0.139. The van der Waals surface area contributed by atoms with E-state index in [0.29, 0.717) is 13.1 Å². The molecule has 1 aliphatic rings. The Morgan fingerprint density at radius 2 is 1.59 bits per heavy atom. The van der Waals surface area contributed by atoms with Gasteiger partial charge in [-0.3, -0.25) is 9.59 Å². The van der Waals surface area contributed by atoms with Crippen LogP contribution < -0.4 is 15.4 Å². The number of hydrogen-bond acceptors (Lipinski definition) is 3. The summed E-state index contributed by atoms with van der Waals surface area (Å²) in [5.74, 6) is -0.370. The molecule has 5 heteroatoms. The second-order valence-corrected chi connectivity index (χ2v) is 7.55. The molecule has 0 unspecified atom stereocenters. The van der Waals surface area contributed by atoms with Gasteiger partial charge in [-0.15, -0.1) is 0 Å². The van der Waals surface area contributed by atoms with E-state index in [1.165, 1.54) is 24.8 Å². The lowest BCUT2D eigenvalue weighted by Gasteiger charge is -2.23. The van der Waals surface area contributed by atoms with Gasteiger partial charge in [0.2, 0.25) is 0 Å². The van der Waals surface area contributed by atoms with Gasteiger partial charge in [0, 0.05) is 13.1 Å². The predicted molar refractivity (Wildman–Crippen MR) is 114 cm³/mol. The number of nitrogens with one attached hydrogen (secondary N) is 2. The summed E-state index contributed by atoms with van der Waals surface area (Å²) >= 11 is 0. The van der Waals surface area contributed by atoms with Gasteiger partial charge in [-0.25, -0.2) is 0 Å². The number of carbonyl (C=O) groups excluding carboxylic acids is 2. The molecule has 2 aromatic carbocycles. The van der Waals surface area contributed by atoms with Crippen LogP contribution in [0, 0.1) is 0 Å². The van der Waals surface area contributed by atoms with Gasteiger partial charge in [-0.1, -0.05) is 48.9 Å². The standard InChI is InChI=1S/C24H30N2O3/c27-23(25-16-8-12-19-9-3-1-4-10-19)24(28)26-18-20-11-7-15-22(17-20)29-21-13-5-2-6-14-21/h1,3-4,7,9-11,15,17,21H,2,5-6,8,12-14,16,18H2,(H,25,27)(H,26,28). The van der Waals surface area contributed by atoms with Crippen molar-refractivity contribution in [1.82, 2.24) is 10.6 Å². The fourth-order valence-corrected chi connectivity index (χ4v) is 3.59. The predicted octanol–water partition coefficient (Wildman–Crippen LogP) is 3.76.